The molecular formula is C28H54N2O5. The number of unbranched alkanes of at least 4 members (excludes halogenated alkanes) is 12. The highest BCUT2D eigenvalue weighted by molar-refractivity contribution is 5.67. The van der Waals surface area contributed by atoms with Crippen LogP contribution < -0.4 is 10.6 Å². The maximum absolute atomic E-state index is 12.3. The number of carbonyl (C=O) groups is 2. The summed E-state index contributed by atoms with van der Waals surface area (Å²) in [6, 6.07) is -0.107. The Labute approximate surface area is 214 Å². The third kappa shape index (κ3) is 17.7. The van der Waals surface area contributed by atoms with E-state index in [1.807, 2.05) is 0 Å². The van der Waals surface area contributed by atoms with E-state index >= 15 is 0 Å². The highest BCUT2D eigenvalue weighted by Gasteiger charge is 2.31. The number of hydrogen-bond donors (Lipinski definition) is 2. The molecule has 0 aromatic rings. The molecule has 0 aliphatic carbocycles. The summed E-state index contributed by atoms with van der Waals surface area (Å²) in [6.45, 7) is 9.52. The molecular weight excluding hydrogens is 444 g/mol. The molecule has 0 radical (unpaired) electrons. The molecule has 2 N–H and O–H groups in total. The Morgan fingerprint density at radius 2 is 1.49 bits per heavy atom. The first-order valence-electron chi connectivity index (χ1n) is 14.4. The van der Waals surface area contributed by atoms with Gasteiger partial charge >= 0.3 is 12.1 Å². The molecule has 0 spiro atoms. The van der Waals surface area contributed by atoms with Gasteiger partial charge in [0.05, 0.1) is 19.3 Å². The minimum atomic E-state index is -0.560. The van der Waals surface area contributed by atoms with E-state index in [1.54, 1.807) is 0 Å². The van der Waals surface area contributed by atoms with Crippen LogP contribution in [-0.4, -0.2) is 50.2 Å². The molecule has 1 fully saturated rings. The minimum absolute atomic E-state index is 0.0484. The molecule has 206 valence electrons. The third-order valence-electron chi connectivity index (χ3n) is 6.51. The summed E-state index contributed by atoms with van der Waals surface area (Å²) in [5.41, 5.74) is 0. The van der Waals surface area contributed by atoms with Crippen LogP contribution in [0.5, 0.6) is 0 Å². The van der Waals surface area contributed by atoms with Gasteiger partial charge in [0, 0.05) is 19.5 Å². The number of nitrogens with one attached hydrogen (secondary N) is 2. The summed E-state index contributed by atoms with van der Waals surface area (Å²) >= 11 is 0. The van der Waals surface area contributed by atoms with Crippen molar-refractivity contribution in [1.29, 1.82) is 0 Å². The monoisotopic (exact) mass is 498 g/mol. The fourth-order valence-electron chi connectivity index (χ4n) is 4.59. The van der Waals surface area contributed by atoms with Crippen molar-refractivity contribution in [3.63, 3.8) is 0 Å². The van der Waals surface area contributed by atoms with Gasteiger partial charge in [0.2, 0.25) is 6.29 Å². The molecule has 0 aromatic heterocycles. The number of rotatable bonds is 21. The van der Waals surface area contributed by atoms with Crippen LogP contribution in [0.2, 0.25) is 0 Å². The lowest BCUT2D eigenvalue weighted by molar-refractivity contribution is -0.170. The minimum Gasteiger partial charge on any atom is -0.450 e. The zero-order valence-corrected chi connectivity index (χ0v) is 23.1. The van der Waals surface area contributed by atoms with Crippen LogP contribution in [0.25, 0.3) is 0 Å². The predicted octanol–water partition coefficient (Wildman–Crippen LogP) is 6.49. The van der Waals surface area contributed by atoms with Gasteiger partial charge in [-0.05, 0) is 25.2 Å². The highest BCUT2D eigenvalue weighted by Crippen LogP contribution is 2.16. The van der Waals surface area contributed by atoms with E-state index in [2.05, 4.69) is 31.4 Å². The fraction of sp³-hybridized carbons (Fsp3) is 0.929. The topological polar surface area (TPSA) is 85.9 Å². The Kier molecular flexibility index (Phi) is 18.8. The number of amides is 1. The lowest BCUT2D eigenvalue weighted by Crippen LogP contribution is -2.48. The van der Waals surface area contributed by atoms with Crippen LogP contribution in [-0.2, 0) is 19.0 Å². The zero-order valence-electron chi connectivity index (χ0n) is 23.1. The zero-order chi connectivity index (χ0) is 25.7. The van der Waals surface area contributed by atoms with Gasteiger partial charge in [-0.25, -0.2) is 4.79 Å². The summed E-state index contributed by atoms with van der Waals surface area (Å²) in [7, 11) is 0. The fourth-order valence-corrected chi connectivity index (χ4v) is 4.59. The number of carbonyl (C=O) groups excluding carboxylic acids is 2. The van der Waals surface area contributed by atoms with E-state index in [0.29, 0.717) is 25.7 Å². The van der Waals surface area contributed by atoms with Crippen LogP contribution in [0.15, 0.2) is 0 Å². The Morgan fingerprint density at radius 1 is 0.914 bits per heavy atom. The van der Waals surface area contributed by atoms with E-state index in [1.165, 1.54) is 77.6 Å². The smallest absolute Gasteiger partial charge is 0.407 e. The highest BCUT2D eigenvalue weighted by atomic mass is 16.7. The van der Waals surface area contributed by atoms with Gasteiger partial charge in [-0.2, -0.15) is 0 Å². The number of alkyl carbamates (subject to hydrolysis) is 1. The predicted molar refractivity (Wildman–Crippen MR) is 141 cm³/mol. The van der Waals surface area contributed by atoms with Gasteiger partial charge in [-0.3, -0.25) is 4.79 Å². The Hall–Kier alpha value is -1.34. The van der Waals surface area contributed by atoms with E-state index < -0.39 is 6.29 Å². The average Bonchev–Trinajstić information content (AvgIpc) is 3.23. The summed E-state index contributed by atoms with van der Waals surface area (Å²) in [6.07, 6.45) is 17.6. The Bertz CT molecular complexity index is 543. The molecule has 0 unspecified atom stereocenters. The lowest BCUT2D eigenvalue weighted by Gasteiger charge is -2.25. The van der Waals surface area contributed by atoms with Gasteiger partial charge in [-0.1, -0.05) is 97.8 Å². The number of esters is 1. The van der Waals surface area contributed by atoms with E-state index in [-0.39, 0.29) is 24.1 Å². The van der Waals surface area contributed by atoms with Crippen molar-refractivity contribution in [2.45, 2.75) is 142 Å². The van der Waals surface area contributed by atoms with Gasteiger partial charge in [-0.15, -0.1) is 0 Å². The molecule has 0 saturated carbocycles. The second-order valence-corrected chi connectivity index (χ2v) is 10.5. The Balaban J connectivity index is 2.08. The number of hydrogen-bond acceptors (Lipinski definition) is 6. The van der Waals surface area contributed by atoms with Gasteiger partial charge in [0.25, 0.3) is 0 Å². The van der Waals surface area contributed by atoms with E-state index in [4.69, 9.17) is 14.2 Å². The molecule has 0 aromatic carbocycles. The SMILES string of the molecule is CCCCCCCCCCCCCCCOC(=O)N[C@@H](CN[C@H]1CCO[C@H]1OC(C)=O)CC(C)C. The molecule has 1 heterocycles. The maximum Gasteiger partial charge on any atom is 0.407 e. The van der Waals surface area contributed by atoms with Crippen LogP contribution in [0.3, 0.4) is 0 Å². The molecule has 0 bridgehead atoms. The quantitative estimate of drug-likeness (QED) is 0.139. The Morgan fingerprint density at radius 3 is 2.03 bits per heavy atom. The van der Waals surface area contributed by atoms with Crippen molar-refractivity contribution >= 4 is 12.1 Å². The molecule has 1 aliphatic rings. The number of ether oxygens (including phenoxy) is 3. The molecule has 7 nitrogen and oxygen atoms in total. The first-order valence-corrected chi connectivity index (χ1v) is 14.4. The van der Waals surface area contributed by atoms with Crippen LogP contribution >= 0.6 is 0 Å². The molecule has 1 saturated heterocycles. The van der Waals surface area contributed by atoms with Gasteiger partial charge in [0.15, 0.2) is 0 Å². The largest absolute Gasteiger partial charge is 0.450 e. The van der Waals surface area contributed by atoms with Crippen molar-refractivity contribution in [3.05, 3.63) is 0 Å². The summed E-state index contributed by atoms with van der Waals surface area (Å²) in [5.74, 6) is 0.0875. The van der Waals surface area contributed by atoms with Gasteiger partial charge in [0.1, 0.15) is 0 Å². The first-order chi connectivity index (χ1) is 16.9. The van der Waals surface area contributed by atoms with E-state index in [0.717, 1.165) is 25.7 Å². The van der Waals surface area contributed by atoms with Crippen molar-refractivity contribution in [1.82, 2.24) is 10.6 Å². The average molecular weight is 499 g/mol. The molecule has 1 aliphatic heterocycles. The third-order valence-corrected chi connectivity index (χ3v) is 6.51. The molecule has 7 heteroatoms. The van der Waals surface area contributed by atoms with Crippen LogP contribution in [0.1, 0.15) is 124 Å². The van der Waals surface area contributed by atoms with Crippen LogP contribution in [0.4, 0.5) is 4.79 Å². The second kappa shape index (κ2) is 20.8. The van der Waals surface area contributed by atoms with Crippen molar-refractivity contribution in [2.75, 3.05) is 19.8 Å². The second-order valence-electron chi connectivity index (χ2n) is 10.5. The van der Waals surface area contributed by atoms with E-state index in [9.17, 15) is 9.59 Å². The molecule has 3 atom stereocenters. The van der Waals surface area contributed by atoms with Crippen molar-refractivity contribution < 1.29 is 23.8 Å². The molecule has 1 rings (SSSR count). The first kappa shape index (κ1) is 31.7. The molecule has 1 amide bonds. The summed E-state index contributed by atoms with van der Waals surface area (Å²) in [4.78, 5) is 23.5. The summed E-state index contributed by atoms with van der Waals surface area (Å²) < 4.78 is 16.1. The standard InChI is InChI=1S/C28H54N2O5/c1-5-6-7-8-9-10-11-12-13-14-15-16-17-19-34-28(32)30-25(21-23(2)3)22-29-26-18-20-33-27(26)35-24(4)31/h23,25-27,29H,5-22H2,1-4H3,(H,30,32)/t25-,26+,27+/m1/s1. The van der Waals surface area contributed by atoms with Gasteiger partial charge < -0.3 is 24.8 Å². The lowest BCUT2D eigenvalue weighted by atomic mass is 10.0. The maximum atomic E-state index is 12.3. The molecule has 35 heavy (non-hydrogen) atoms. The normalized spacial score (nSPS) is 18.5. The van der Waals surface area contributed by atoms with Crippen LogP contribution in [0, 0.1) is 5.92 Å². The summed E-state index contributed by atoms with van der Waals surface area (Å²) in [5, 5.41) is 6.40. The van der Waals surface area contributed by atoms with Crippen molar-refractivity contribution in [3.8, 4) is 0 Å². The van der Waals surface area contributed by atoms with Crippen molar-refractivity contribution in [2.24, 2.45) is 5.92 Å².